The molecular formula is C17H24FNO2. The molecule has 0 N–H and O–H groups in total. The standard InChI is InChI=1S/C17H24FNO2/c1-17(2)7-4-9-19(10-8-17)12-15(20)13-5-6-16(21-3)14(18)11-13/h5-6,11H,4,7-10,12H2,1-3H3. The van der Waals surface area contributed by atoms with Crippen molar-refractivity contribution in [2.45, 2.75) is 33.1 Å². The number of hydrogen-bond acceptors (Lipinski definition) is 3. The third-order valence-corrected chi connectivity index (χ3v) is 4.27. The van der Waals surface area contributed by atoms with Gasteiger partial charge in [-0.2, -0.15) is 0 Å². The Morgan fingerprint density at radius 3 is 2.76 bits per heavy atom. The Balaban J connectivity index is 1.99. The fraction of sp³-hybridized carbons (Fsp3) is 0.588. The van der Waals surface area contributed by atoms with Gasteiger partial charge in [0.2, 0.25) is 0 Å². The molecule has 1 aliphatic heterocycles. The number of Topliss-reactive ketones (excluding diaryl/α,β-unsaturated/α-hetero) is 1. The van der Waals surface area contributed by atoms with Gasteiger partial charge in [0.15, 0.2) is 17.3 Å². The molecule has 1 aromatic carbocycles. The summed E-state index contributed by atoms with van der Waals surface area (Å²) in [5, 5.41) is 0. The minimum atomic E-state index is -0.486. The lowest BCUT2D eigenvalue weighted by atomic mass is 9.85. The molecule has 0 spiro atoms. The maximum Gasteiger partial charge on any atom is 0.176 e. The lowest BCUT2D eigenvalue weighted by Gasteiger charge is -2.22. The van der Waals surface area contributed by atoms with Crippen molar-refractivity contribution in [1.82, 2.24) is 4.90 Å². The molecule has 1 aliphatic rings. The molecule has 0 unspecified atom stereocenters. The molecule has 0 radical (unpaired) electrons. The van der Waals surface area contributed by atoms with Crippen LogP contribution >= 0.6 is 0 Å². The van der Waals surface area contributed by atoms with Gasteiger partial charge < -0.3 is 4.74 Å². The fourth-order valence-electron chi connectivity index (χ4n) is 2.77. The van der Waals surface area contributed by atoms with E-state index in [0.717, 1.165) is 25.9 Å². The number of rotatable bonds is 4. The molecule has 0 bridgehead atoms. The second-order valence-electron chi connectivity index (χ2n) is 6.57. The van der Waals surface area contributed by atoms with Crippen LogP contribution in [0.3, 0.4) is 0 Å². The first-order valence-corrected chi connectivity index (χ1v) is 7.50. The van der Waals surface area contributed by atoms with Gasteiger partial charge in [0, 0.05) is 5.56 Å². The normalized spacial score (nSPS) is 19.0. The van der Waals surface area contributed by atoms with Crippen molar-refractivity contribution in [2.24, 2.45) is 5.41 Å². The van der Waals surface area contributed by atoms with Crippen molar-refractivity contribution in [3.8, 4) is 5.75 Å². The maximum absolute atomic E-state index is 13.7. The molecule has 4 heteroatoms. The van der Waals surface area contributed by atoms with Crippen molar-refractivity contribution in [3.05, 3.63) is 29.6 Å². The van der Waals surface area contributed by atoms with Crippen LogP contribution in [0.4, 0.5) is 4.39 Å². The second kappa shape index (κ2) is 6.56. The van der Waals surface area contributed by atoms with E-state index in [9.17, 15) is 9.18 Å². The summed E-state index contributed by atoms with van der Waals surface area (Å²) in [4.78, 5) is 14.5. The van der Waals surface area contributed by atoms with Crippen molar-refractivity contribution < 1.29 is 13.9 Å². The first-order valence-electron chi connectivity index (χ1n) is 7.50. The molecular weight excluding hydrogens is 269 g/mol. The highest BCUT2D eigenvalue weighted by atomic mass is 19.1. The molecule has 0 aromatic heterocycles. The van der Waals surface area contributed by atoms with Crippen LogP contribution in [0, 0.1) is 11.2 Å². The molecule has 21 heavy (non-hydrogen) atoms. The van der Waals surface area contributed by atoms with Crippen LogP contribution in [0.15, 0.2) is 18.2 Å². The van der Waals surface area contributed by atoms with Gasteiger partial charge in [-0.3, -0.25) is 9.69 Å². The first-order chi connectivity index (χ1) is 9.91. The summed E-state index contributed by atoms with van der Waals surface area (Å²) in [6, 6.07) is 4.41. The summed E-state index contributed by atoms with van der Waals surface area (Å²) in [5.41, 5.74) is 0.765. The van der Waals surface area contributed by atoms with Crippen LogP contribution in [-0.4, -0.2) is 37.4 Å². The van der Waals surface area contributed by atoms with E-state index < -0.39 is 5.82 Å². The molecule has 0 aliphatic carbocycles. The molecule has 1 aromatic rings. The fourth-order valence-corrected chi connectivity index (χ4v) is 2.77. The van der Waals surface area contributed by atoms with Gasteiger partial charge in [0.05, 0.1) is 13.7 Å². The van der Waals surface area contributed by atoms with E-state index in [1.54, 1.807) is 6.07 Å². The molecule has 1 saturated heterocycles. The van der Waals surface area contributed by atoms with Crippen LogP contribution in [-0.2, 0) is 0 Å². The van der Waals surface area contributed by atoms with Gasteiger partial charge in [0.25, 0.3) is 0 Å². The quantitative estimate of drug-likeness (QED) is 0.795. The van der Waals surface area contributed by atoms with Gasteiger partial charge in [-0.15, -0.1) is 0 Å². The minimum absolute atomic E-state index is 0.0312. The van der Waals surface area contributed by atoms with Crippen molar-refractivity contribution in [3.63, 3.8) is 0 Å². The van der Waals surface area contributed by atoms with E-state index in [1.165, 1.54) is 25.7 Å². The first kappa shape index (κ1) is 16.0. The highest BCUT2D eigenvalue weighted by Crippen LogP contribution is 2.29. The lowest BCUT2D eigenvalue weighted by molar-refractivity contribution is 0.0930. The molecule has 0 atom stereocenters. The van der Waals surface area contributed by atoms with Crippen molar-refractivity contribution >= 4 is 5.78 Å². The smallest absolute Gasteiger partial charge is 0.176 e. The monoisotopic (exact) mass is 293 g/mol. The highest BCUT2D eigenvalue weighted by molar-refractivity contribution is 5.97. The number of likely N-dealkylation sites (tertiary alicyclic amines) is 1. The predicted octanol–water partition coefficient (Wildman–Crippen LogP) is 3.53. The van der Waals surface area contributed by atoms with E-state index in [2.05, 4.69) is 18.7 Å². The van der Waals surface area contributed by atoms with E-state index in [4.69, 9.17) is 4.74 Å². The summed E-state index contributed by atoms with van der Waals surface area (Å²) in [5.74, 6) is -0.348. The van der Waals surface area contributed by atoms with Gasteiger partial charge in [-0.1, -0.05) is 13.8 Å². The third kappa shape index (κ3) is 4.27. The number of carbonyl (C=O) groups is 1. The number of benzene rings is 1. The van der Waals surface area contributed by atoms with E-state index in [1.807, 2.05) is 0 Å². The van der Waals surface area contributed by atoms with Gasteiger partial charge in [-0.25, -0.2) is 4.39 Å². The Labute approximate surface area is 126 Å². The van der Waals surface area contributed by atoms with Crippen LogP contribution in [0.1, 0.15) is 43.5 Å². The summed E-state index contributed by atoms with van der Waals surface area (Å²) in [7, 11) is 1.42. The molecule has 116 valence electrons. The van der Waals surface area contributed by atoms with E-state index >= 15 is 0 Å². The van der Waals surface area contributed by atoms with Crippen LogP contribution < -0.4 is 4.74 Å². The number of carbonyl (C=O) groups excluding carboxylic acids is 1. The SMILES string of the molecule is COc1ccc(C(=O)CN2CCCC(C)(C)CC2)cc1F. The minimum Gasteiger partial charge on any atom is -0.494 e. The number of methoxy groups -OCH3 is 1. The van der Waals surface area contributed by atoms with Gasteiger partial charge >= 0.3 is 0 Å². The molecule has 0 amide bonds. The molecule has 2 rings (SSSR count). The molecule has 1 fully saturated rings. The van der Waals surface area contributed by atoms with Crippen LogP contribution in [0.25, 0.3) is 0 Å². The number of ketones is 1. The van der Waals surface area contributed by atoms with Crippen LogP contribution in [0.2, 0.25) is 0 Å². The largest absolute Gasteiger partial charge is 0.494 e. The topological polar surface area (TPSA) is 29.5 Å². The predicted molar refractivity (Wildman–Crippen MR) is 81.4 cm³/mol. The molecule has 0 saturated carbocycles. The van der Waals surface area contributed by atoms with Gasteiger partial charge in [0.1, 0.15) is 0 Å². The van der Waals surface area contributed by atoms with E-state index in [-0.39, 0.29) is 11.5 Å². The third-order valence-electron chi connectivity index (χ3n) is 4.27. The number of hydrogen-bond donors (Lipinski definition) is 0. The zero-order chi connectivity index (χ0) is 15.5. The summed E-state index contributed by atoms with van der Waals surface area (Å²) in [6.07, 6.45) is 3.39. The Kier molecular flexibility index (Phi) is 4.99. The Hall–Kier alpha value is -1.42. The summed E-state index contributed by atoms with van der Waals surface area (Å²) >= 11 is 0. The number of ether oxygens (including phenoxy) is 1. The number of nitrogens with zero attached hydrogens (tertiary/aromatic N) is 1. The molecule has 3 nitrogen and oxygen atoms in total. The lowest BCUT2D eigenvalue weighted by Crippen LogP contribution is -2.31. The van der Waals surface area contributed by atoms with E-state index in [0.29, 0.717) is 17.5 Å². The number of halogens is 1. The Bertz CT molecular complexity index is 514. The molecule has 1 heterocycles. The Morgan fingerprint density at radius 1 is 1.33 bits per heavy atom. The summed E-state index contributed by atoms with van der Waals surface area (Å²) in [6.45, 7) is 6.78. The van der Waals surface area contributed by atoms with Crippen LogP contribution in [0.5, 0.6) is 5.75 Å². The Morgan fingerprint density at radius 2 is 2.10 bits per heavy atom. The van der Waals surface area contributed by atoms with Crippen molar-refractivity contribution in [1.29, 1.82) is 0 Å². The maximum atomic E-state index is 13.7. The average Bonchev–Trinajstić information content (AvgIpc) is 2.60. The second-order valence-corrected chi connectivity index (χ2v) is 6.57. The average molecular weight is 293 g/mol. The zero-order valence-corrected chi connectivity index (χ0v) is 13.1. The van der Waals surface area contributed by atoms with Gasteiger partial charge in [-0.05, 0) is 56.0 Å². The zero-order valence-electron chi connectivity index (χ0n) is 13.1. The highest BCUT2D eigenvalue weighted by Gasteiger charge is 2.24. The summed E-state index contributed by atoms with van der Waals surface area (Å²) < 4.78 is 18.5. The van der Waals surface area contributed by atoms with Crippen molar-refractivity contribution in [2.75, 3.05) is 26.7 Å².